The molecule has 0 bridgehead atoms. The number of nitrogens with zero attached hydrogens (tertiary/aromatic N) is 3. The minimum absolute atomic E-state index is 0.00660. The number of hydrogen-bond donors (Lipinski definition) is 0. The molecule has 4 rings (SSSR count). The van der Waals surface area contributed by atoms with E-state index in [0.29, 0.717) is 31.3 Å². The summed E-state index contributed by atoms with van der Waals surface area (Å²) in [5.74, 6) is -0.136. The molecular formula is C23H30ClN3O6S2. The fourth-order valence-corrected chi connectivity index (χ4v) is 7.46. The maximum absolute atomic E-state index is 13.5. The molecule has 1 atom stereocenters. The van der Waals surface area contributed by atoms with Crippen LogP contribution in [0.25, 0.3) is 10.1 Å². The van der Waals surface area contributed by atoms with Crippen molar-refractivity contribution in [3.8, 4) is 0 Å². The predicted octanol–water partition coefficient (Wildman–Crippen LogP) is 3.41. The van der Waals surface area contributed by atoms with Gasteiger partial charge in [0.2, 0.25) is 5.91 Å². The van der Waals surface area contributed by atoms with Crippen molar-refractivity contribution in [1.29, 1.82) is 0 Å². The molecule has 2 saturated heterocycles. The van der Waals surface area contributed by atoms with Gasteiger partial charge in [-0.05, 0) is 44.4 Å². The Morgan fingerprint density at radius 1 is 1.14 bits per heavy atom. The first kappa shape index (κ1) is 26.2. The number of halogens is 1. The summed E-state index contributed by atoms with van der Waals surface area (Å²) in [7, 11) is -3.83. The molecule has 12 heteroatoms. The van der Waals surface area contributed by atoms with Gasteiger partial charge in [-0.2, -0.15) is 4.31 Å². The third-order valence-corrected chi connectivity index (χ3v) is 9.55. The van der Waals surface area contributed by atoms with Crippen LogP contribution in [0.15, 0.2) is 28.5 Å². The summed E-state index contributed by atoms with van der Waals surface area (Å²) >= 11 is 7.22. The lowest BCUT2D eigenvalue weighted by molar-refractivity contribution is -0.136. The Kier molecular flexibility index (Phi) is 7.63. The standard InChI is InChI=1S/C23H30ClN3O6S2/c1-23(2,3)33-22(29)27-7-6-26(15-18(27)14-20(28)25-8-10-32-11-9-25)35(30,31)21-12-16-4-5-17(24)13-19(16)34-21/h4-5,12-13,18H,6-11,14-15H2,1-3H3. The molecule has 35 heavy (non-hydrogen) atoms. The van der Waals surface area contributed by atoms with Gasteiger partial charge in [0.25, 0.3) is 10.0 Å². The van der Waals surface area contributed by atoms with Crippen LogP contribution in [-0.4, -0.2) is 92.1 Å². The topological polar surface area (TPSA) is 96.5 Å². The predicted molar refractivity (Wildman–Crippen MR) is 134 cm³/mol. The molecule has 9 nitrogen and oxygen atoms in total. The lowest BCUT2D eigenvalue weighted by Gasteiger charge is -2.41. The second kappa shape index (κ2) is 10.2. The van der Waals surface area contributed by atoms with Gasteiger partial charge in [-0.25, -0.2) is 13.2 Å². The SMILES string of the molecule is CC(C)(C)OC(=O)N1CCN(S(=O)(=O)c2cc3ccc(Cl)cc3s2)CC1CC(=O)N1CCOCC1. The van der Waals surface area contributed by atoms with E-state index in [4.69, 9.17) is 21.1 Å². The van der Waals surface area contributed by atoms with E-state index >= 15 is 0 Å². The first-order valence-corrected chi connectivity index (χ1v) is 14.1. The van der Waals surface area contributed by atoms with Gasteiger partial charge < -0.3 is 19.3 Å². The molecule has 2 aromatic rings. The fraction of sp³-hybridized carbons (Fsp3) is 0.565. The highest BCUT2D eigenvalue weighted by Crippen LogP contribution is 2.34. The number of carbonyl (C=O) groups is 2. The monoisotopic (exact) mass is 543 g/mol. The van der Waals surface area contributed by atoms with Gasteiger partial charge in [0.05, 0.1) is 19.3 Å². The molecule has 2 aliphatic heterocycles. The second-order valence-corrected chi connectivity index (χ2v) is 13.3. The van der Waals surface area contributed by atoms with Crippen molar-refractivity contribution in [2.45, 2.75) is 43.0 Å². The lowest BCUT2D eigenvalue weighted by Crippen LogP contribution is -2.58. The average molecular weight is 544 g/mol. The van der Waals surface area contributed by atoms with E-state index in [-0.39, 0.29) is 36.2 Å². The largest absolute Gasteiger partial charge is 0.444 e. The van der Waals surface area contributed by atoms with Gasteiger partial charge in [0.1, 0.15) is 9.81 Å². The number of thiophene rings is 1. The maximum Gasteiger partial charge on any atom is 0.410 e. The van der Waals surface area contributed by atoms with Crippen molar-refractivity contribution in [2.75, 3.05) is 45.9 Å². The smallest absolute Gasteiger partial charge is 0.410 e. The van der Waals surface area contributed by atoms with Gasteiger partial charge >= 0.3 is 6.09 Å². The van der Waals surface area contributed by atoms with E-state index in [1.807, 2.05) is 0 Å². The maximum atomic E-state index is 13.5. The summed E-state index contributed by atoms with van der Waals surface area (Å²) in [4.78, 5) is 29.1. The zero-order valence-electron chi connectivity index (χ0n) is 20.0. The van der Waals surface area contributed by atoms with Crippen LogP contribution < -0.4 is 0 Å². The van der Waals surface area contributed by atoms with E-state index in [9.17, 15) is 18.0 Å². The summed E-state index contributed by atoms with van der Waals surface area (Å²) in [6.07, 6.45) is -0.543. The Morgan fingerprint density at radius 2 is 1.86 bits per heavy atom. The van der Waals surface area contributed by atoms with E-state index in [1.165, 1.54) is 9.21 Å². The van der Waals surface area contributed by atoms with Crippen LogP contribution in [0.4, 0.5) is 4.79 Å². The molecule has 0 saturated carbocycles. The van der Waals surface area contributed by atoms with Gasteiger partial charge in [-0.1, -0.05) is 17.7 Å². The molecule has 0 N–H and O–H groups in total. The third kappa shape index (κ3) is 6.08. The second-order valence-electron chi connectivity index (χ2n) is 9.64. The van der Waals surface area contributed by atoms with Crippen LogP contribution in [0.1, 0.15) is 27.2 Å². The molecule has 192 valence electrons. The number of morpholine rings is 1. The summed E-state index contributed by atoms with van der Waals surface area (Å²) in [5.41, 5.74) is -0.711. The molecule has 0 radical (unpaired) electrons. The minimum Gasteiger partial charge on any atom is -0.444 e. The Hall–Kier alpha value is -1.92. The van der Waals surface area contributed by atoms with Crippen LogP contribution in [-0.2, 0) is 24.3 Å². The van der Waals surface area contributed by atoms with Gasteiger partial charge in [-0.3, -0.25) is 4.79 Å². The number of rotatable bonds is 4. The molecular weight excluding hydrogens is 514 g/mol. The van der Waals surface area contributed by atoms with Crippen molar-refractivity contribution in [3.05, 3.63) is 29.3 Å². The molecule has 1 unspecified atom stereocenters. The minimum atomic E-state index is -3.83. The van der Waals surface area contributed by atoms with Crippen LogP contribution in [0.2, 0.25) is 5.02 Å². The third-order valence-electron chi connectivity index (χ3n) is 5.90. The van der Waals surface area contributed by atoms with Gasteiger partial charge in [0.15, 0.2) is 0 Å². The molecule has 2 amide bonds. The van der Waals surface area contributed by atoms with Crippen LogP contribution >= 0.6 is 22.9 Å². The Bertz CT molecular complexity index is 1200. The molecule has 0 aliphatic carbocycles. The van der Waals surface area contributed by atoms with Crippen molar-refractivity contribution in [1.82, 2.24) is 14.1 Å². The highest BCUT2D eigenvalue weighted by Gasteiger charge is 2.40. The molecule has 3 heterocycles. The van der Waals surface area contributed by atoms with Gasteiger partial charge in [-0.15, -0.1) is 11.3 Å². The summed E-state index contributed by atoms with van der Waals surface area (Å²) in [6, 6.07) is 6.25. The Balaban J connectivity index is 1.57. The molecule has 0 spiro atoms. The molecule has 2 fully saturated rings. The zero-order valence-corrected chi connectivity index (χ0v) is 22.4. The van der Waals surface area contributed by atoms with E-state index in [2.05, 4.69) is 0 Å². The lowest BCUT2D eigenvalue weighted by atomic mass is 10.1. The normalized spacial score (nSPS) is 20.3. The number of piperazine rings is 1. The van der Waals surface area contributed by atoms with E-state index < -0.39 is 27.8 Å². The summed E-state index contributed by atoms with van der Waals surface area (Å²) < 4.78 is 40.3. The molecule has 2 aliphatic rings. The van der Waals surface area contributed by atoms with Crippen molar-refractivity contribution in [2.24, 2.45) is 0 Å². The number of benzene rings is 1. The number of hydrogen-bond acceptors (Lipinski definition) is 7. The Labute approximate surface area is 214 Å². The quantitative estimate of drug-likeness (QED) is 0.586. The number of sulfonamides is 1. The molecule has 1 aromatic carbocycles. The number of carbonyl (C=O) groups excluding carboxylic acids is 2. The van der Waals surface area contributed by atoms with Crippen LogP contribution in [0, 0.1) is 0 Å². The highest BCUT2D eigenvalue weighted by molar-refractivity contribution is 7.91. The van der Waals surface area contributed by atoms with Crippen LogP contribution in [0.5, 0.6) is 0 Å². The average Bonchev–Trinajstić information content (AvgIpc) is 3.22. The van der Waals surface area contributed by atoms with Crippen LogP contribution in [0.3, 0.4) is 0 Å². The zero-order chi connectivity index (χ0) is 25.4. The summed E-state index contributed by atoms with van der Waals surface area (Å²) in [6.45, 7) is 7.44. The summed E-state index contributed by atoms with van der Waals surface area (Å²) in [5, 5.41) is 1.33. The highest BCUT2D eigenvalue weighted by atomic mass is 35.5. The van der Waals surface area contributed by atoms with Crippen molar-refractivity contribution >= 4 is 55.0 Å². The van der Waals surface area contributed by atoms with Crippen molar-refractivity contribution in [3.63, 3.8) is 0 Å². The fourth-order valence-electron chi connectivity index (χ4n) is 4.16. The first-order chi connectivity index (χ1) is 16.4. The Morgan fingerprint density at radius 3 is 2.54 bits per heavy atom. The van der Waals surface area contributed by atoms with Gasteiger partial charge in [0, 0.05) is 48.9 Å². The van der Waals surface area contributed by atoms with Crippen molar-refractivity contribution < 1.29 is 27.5 Å². The molecule has 1 aromatic heterocycles. The number of ether oxygens (including phenoxy) is 2. The van der Waals surface area contributed by atoms with E-state index in [1.54, 1.807) is 49.9 Å². The first-order valence-electron chi connectivity index (χ1n) is 11.5. The van der Waals surface area contributed by atoms with E-state index in [0.717, 1.165) is 21.4 Å². The number of fused-ring (bicyclic) bond motifs is 1. The number of amides is 2.